The van der Waals surface area contributed by atoms with E-state index in [1.807, 2.05) is 44.5 Å². The highest BCUT2D eigenvalue weighted by Gasteiger charge is 2.14. The molecule has 25 heavy (non-hydrogen) atoms. The first-order valence-corrected chi connectivity index (χ1v) is 8.32. The number of halogens is 1. The predicted octanol–water partition coefficient (Wildman–Crippen LogP) is 3.93. The quantitative estimate of drug-likeness (QED) is 0.565. The first-order valence-electron chi connectivity index (χ1n) is 8.32. The van der Waals surface area contributed by atoms with Crippen molar-refractivity contribution in [2.45, 2.75) is 26.4 Å². The van der Waals surface area contributed by atoms with Crippen molar-refractivity contribution >= 4 is 12.1 Å². The van der Waals surface area contributed by atoms with Crippen molar-refractivity contribution in [1.29, 1.82) is 0 Å². The fourth-order valence-corrected chi connectivity index (χ4v) is 2.47. The van der Waals surface area contributed by atoms with Gasteiger partial charge < -0.3 is 4.90 Å². The molecule has 0 N–H and O–H groups in total. The zero-order valence-corrected chi connectivity index (χ0v) is 14.9. The van der Waals surface area contributed by atoms with E-state index in [0.717, 1.165) is 12.0 Å². The van der Waals surface area contributed by atoms with Crippen molar-refractivity contribution in [3.8, 4) is 0 Å². The molecule has 0 aromatic heterocycles. The lowest BCUT2D eigenvalue weighted by Gasteiger charge is -2.18. The van der Waals surface area contributed by atoms with E-state index >= 15 is 0 Å². The van der Waals surface area contributed by atoms with Crippen LogP contribution in [0.4, 0.5) is 4.39 Å². The van der Waals surface area contributed by atoms with Crippen LogP contribution >= 0.6 is 0 Å². The van der Waals surface area contributed by atoms with Gasteiger partial charge in [-0.25, -0.2) is 4.39 Å². The molecule has 0 fully saturated rings. The van der Waals surface area contributed by atoms with E-state index in [1.165, 1.54) is 11.0 Å². The van der Waals surface area contributed by atoms with Gasteiger partial charge in [-0.3, -0.25) is 9.80 Å². The van der Waals surface area contributed by atoms with Crippen LogP contribution in [0.25, 0.3) is 0 Å². The Labute approximate surface area is 148 Å². The van der Waals surface area contributed by atoms with Crippen LogP contribution in [0, 0.1) is 5.82 Å². The molecule has 4 nitrogen and oxygen atoms in total. The van der Waals surface area contributed by atoms with Crippen LogP contribution in [0.15, 0.2) is 53.6 Å². The molecule has 2 rings (SSSR count). The van der Waals surface area contributed by atoms with Crippen LogP contribution in [0.5, 0.6) is 0 Å². The van der Waals surface area contributed by atoms with Crippen LogP contribution in [-0.2, 0) is 13.1 Å². The summed E-state index contributed by atoms with van der Waals surface area (Å²) in [7, 11) is 3.53. The lowest BCUT2D eigenvalue weighted by Crippen LogP contribution is -2.26. The molecule has 0 heterocycles. The summed E-state index contributed by atoms with van der Waals surface area (Å²) in [5.41, 5.74) is 1.93. The molecule has 0 radical (unpaired) electrons. The van der Waals surface area contributed by atoms with Crippen molar-refractivity contribution in [2.75, 3.05) is 14.1 Å². The number of rotatable bonds is 7. The molecule has 2 aromatic rings. The number of carbonyl (C=O) groups is 1. The summed E-state index contributed by atoms with van der Waals surface area (Å²) < 4.78 is 14.4. The Morgan fingerprint density at radius 1 is 1.12 bits per heavy atom. The van der Waals surface area contributed by atoms with E-state index in [2.05, 4.69) is 5.10 Å². The minimum absolute atomic E-state index is 0.127. The molecular formula is C20H24FN3O. The number of nitrogens with zero attached hydrogens (tertiary/aromatic N) is 3. The topological polar surface area (TPSA) is 35.9 Å². The molecule has 0 atom stereocenters. The van der Waals surface area contributed by atoms with Crippen molar-refractivity contribution < 1.29 is 9.18 Å². The fourth-order valence-electron chi connectivity index (χ4n) is 2.47. The minimum Gasteiger partial charge on any atom is -0.337 e. The van der Waals surface area contributed by atoms with Gasteiger partial charge in [0.15, 0.2) is 0 Å². The number of hydrazone groups is 1. The molecule has 0 saturated heterocycles. The lowest BCUT2D eigenvalue weighted by molar-refractivity contribution is 0.0784. The van der Waals surface area contributed by atoms with Crippen LogP contribution in [0.2, 0.25) is 0 Å². The summed E-state index contributed by atoms with van der Waals surface area (Å²) in [6.07, 6.45) is 2.67. The van der Waals surface area contributed by atoms with Gasteiger partial charge in [-0.05, 0) is 30.2 Å². The molecule has 0 bridgehead atoms. The smallest absolute Gasteiger partial charge is 0.253 e. The number of carbonyl (C=O) groups excluding carboxylic acids is 1. The zero-order valence-electron chi connectivity index (χ0n) is 14.9. The summed E-state index contributed by atoms with van der Waals surface area (Å²) >= 11 is 0. The van der Waals surface area contributed by atoms with Crippen molar-refractivity contribution in [1.82, 2.24) is 9.91 Å². The number of hydrogen-bond acceptors (Lipinski definition) is 3. The van der Waals surface area contributed by atoms with Gasteiger partial charge in [0.05, 0.1) is 6.54 Å². The van der Waals surface area contributed by atoms with Gasteiger partial charge in [-0.15, -0.1) is 0 Å². The largest absolute Gasteiger partial charge is 0.337 e. The van der Waals surface area contributed by atoms with Gasteiger partial charge in [0.1, 0.15) is 5.82 Å². The van der Waals surface area contributed by atoms with E-state index in [9.17, 15) is 9.18 Å². The highest BCUT2D eigenvalue weighted by Crippen LogP contribution is 2.15. The van der Waals surface area contributed by atoms with Crippen LogP contribution in [-0.4, -0.2) is 36.1 Å². The molecule has 2 aromatic carbocycles. The maximum Gasteiger partial charge on any atom is 0.253 e. The van der Waals surface area contributed by atoms with Crippen molar-refractivity contribution in [3.63, 3.8) is 0 Å². The molecule has 0 saturated carbocycles. The zero-order chi connectivity index (χ0) is 18.2. The normalized spacial score (nSPS) is 10.9. The third-order valence-electron chi connectivity index (χ3n) is 3.77. The average molecular weight is 341 g/mol. The van der Waals surface area contributed by atoms with Crippen molar-refractivity contribution in [2.24, 2.45) is 5.10 Å². The number of benzene rings is 2. The second kappa shape index (κ2) is 8.97. The van der Waals surface area contributed by atoms with Crippen LogP contribution in [0.1, 0.15) is 34.8 Å². The Morgan fingerprint density at radius 2 is 1.84 bits per heavy atom. The molecule has 0 aliphatic carbocycles. The highest BCUT2D eigenvalue weighted by atomic mass is 19.1. The molecule has 0 spiro atoms. The van der Waals surface area contributed by atoms with Gasteiger partial charge in [0, 0.05) is 38.0 Å². The summed E-state index contributed by atoms with van der Waals surface area (Å²) in [6.45, 7) is 2.77. The van der Waals surface area contributed by atoms with Crippen molar-refractivity contribution in [3.05, 3.63) is 71.0 Å². The third-order valence-corrected chi connectivity index (χ3v) is 3.77. The van der Waals surface area contributed by atoms with Gasteiger partial charge in [-0.1, -0.05) is 37.3 Å². The first-order chi connectivity index (χ1) is 12.0. The van der Waals surface area contributed by atoms with Gasteiger partial charge in [0.25, 0.3) is 5.91 Å². The first kappa shape index (κ1) is 18.6. The van der Waals surface area contributed by atoms with E-state index in [1.54, 1.807) is 30.3 Å². The second-order valence-corrected chi connectivity index (χ2v) is 5.98. The average Bonchev–Trinajstić information content (AvgIpc) is 2.62. The Balaban J connectivity index is 2.03. The van der Waals surface area contributed by atoms with E-state index in [0.29, 0.717) is 17.7 Å². The second-order valence-electron chi connectivity index (χ2n) is 5.98. The number of amides is 1. The maximum absolute atomic E-state index is 14.4. The minimum atomic E-state index is -0.307. The Bertz CT molecular complexity index is 731. The Morgan fingerprint density at radius 3 is 2.48 bits per heavy atom. The Hall–Kier alpha value is -2.69. The molecular weight excluding hydrogens is 317 g/mol. The maximum atomic E-state index is 14.4. The molecule has 1 amide bonds. The Kier molecular flexibility index (Phi) is 6.69. The van der Waals surface area contributed by atoms with E-state index in [-0.39, 0.29) is 18.3 Å². The van der Waals surface area contributed by atoms with Gasteiger partial charge >= 0.3 is 0 Å². The van der Waals surface area contributed by atoms with Gasteiger partial charge in [0.2, 0.25) is 0 Å². The molecule has 0 aliphatic heterocycles. The lowest BCUT2D eigenvalue weighted by atomic mass is 10.1. The number of hydrogen-bond donors (Lipinski definition) is 0. The summed E-state index contributed by atoms with van der Waals surface area (Å²) in [5, 5.41) is 6.00. The van der Waals surface area contributed by atoms with Crippen LogP contribution < -0.4 is 0 Å². The summed E-state index contributed by atoms with van der Waals surface area (Å²) in [5.74, 6) is -0.434. The van der Waals surface area contributed by atoms with Gasteiger partial charge in [-0.2, -0.15) is 5.10 Å². The monoisotopic (exact) mass is 341 g/mol. The summed E-state index contributed by atoms with van der Waals surface area (Å²) in [6, 6.07) is 14.1. The highest BCUT2D eigenvalue weighted by molar-refractivity contribution is 5.93. The molecule has 5 heteroatoms. The third kappa shape index (κ3) is 5.41. The standard InChI is InChI=1S/C20H24FN3O/c1-4-12-22-24(3)14-16-10-11-18(19(21)13-16)15-23(2)20(25)17-8-6-5-7-9-17/h5-13H,4,14-15H2,1-3H3/b22-12-. The van der Waals surface area contributed by atoms with E-state index in [4.69, 9.17) is 0 Å². The predicted molar refractivity (Wildman–Crippen MR) is 98.9 cm³/mol. The summed E-state index contributed by atoms with van der Waals surface area (Å²) in [4.78, 5) is 13.9. The SMILES string of the molecule is CC/C=N\N(C)Cc1ccc(CN(C)C(=O)c2ccccc2)c(F)c1. The molecule has 0 aliphatic rings. The van der Waals surface area contributed by atoms with Crippen LogP contribution in [0.3, 0.4) is 0 Å². The molecule has 132 valence electrons. The fraction of sp³-hybridized carbons (Fsp3) is 0.300. The molecule has 0 unspecified atom stereocenters. The van der Waals surface area contributed by atoms with E-state index < -0.39 is 0 Å².